The van der Waals surface area contributed by atoms with Crippen LogP contribution in [0.3, 0.4) is 0 Å². The Hall–Kier alpha value is -1.14. The second-order valence-corrected chi connectivity index (χ2v) is 6.79. The van der Waals surface area contributed by atoms with Crippen LogP contribution in [0.1, 0.15) is 26.3 Å². The van der Waals surface area contributed by atoms with Gasteiger partial charge in [-0.1, -0.05) is 15.9 Å². The lowest BCUT2D eigenvalue weighted by Gasteiger charge is -2.21. The molecule has 0 aliphatic carbocycles. The van der Waals surface area contributed by atoms with Crippen LogP contribution in [0.25, 0.3) is 0 Å². The van der Waals surface area contributed by atoms with Crippen molar-refractivity contribution < 1.29 is 19.0 Å². The largest absolute Gasteiger partial charge is 0.444 e. The van der Waals surface area contributed by atoms with Gasteiger partial charge in [-0.3, -0.25) is 0 Å². The van der Waals surface area contributed by atoms with Crippen LogP contribution in [-0.2, 0) is 11.2 Å². The molecule has 0 aliphatic rings. The fourth-order valence-corrected chi connectivity index (χ4v) is 2.16. The van der Waals surface area contributed by atoms with E-state index >= 15 is 0 Å². The highest BCUT2D eigenvalue weighted by molar-refractivity contribution is 9.10. The molecule has 0 spiro atoms. The minimum atomic E-state index is -0.574. The Morgan fingerprint density at radius 3 is 2.71 bits per heavy atom. The van der Waals surface area contributed by atoms with Gasteiger partial charge in [-0.15, -0.1) is 0 Å². The number of hydrogen-bond donors (Lipinski definition) is 2. The van der Waals surface area contributed by atoms with E-state index in [4.69, 9.17) is 4.74 Å². The maximum Gasteiger partial charge on any atom is 0.407 e. The van der Waals surface area contributed by atoms with Gasteiger partial charge in [-0.05, 0) is 51.0 Å². The number of nitrogens with one attached hydrogen (secondary N) is 1. The summed E-state index contributed by atoms with van der Waals surface area (Å²) in [6.07, 6.45) is -0.215. The van der Waals surface area contributed by atoms with Crippen molar-refractivity contribution in [1.29, 1.82) is 0 Å². The Morgan fingerprint density at radius 1 is 1.48 bits per heavy atom. The van der Waals surface area contributed by atoms with E-state index in [1.54, 1.807) is 32.9 Å². The first-order valence-corrected chi connectivity index (χ1v) is 7.52. The average Bonchev–Trinajstić information content (AvgIpc) is 2.36. The molecule has 0 heterocycles. The molecule has 1 unspecified atom stereocenters. The van der Waals surface area contributed by atoms with Crippen LogP contribution >= 0.6 is 15.9 Å². The van der Waals surface area contributed by atoms with Crippen molar-refractivity contribution in [1.82, 2.24) is 5.32 Å². The second-order valence-electron chi connectivity index (χ2n) is 5.87. The number of rotatable bonds is 5. The highest BCUT2D eigenvalue weighted by Gasteiger charge is 2.18. The highest BCUT2D eigenvalue weighted by Crippen LogP contribution is 2.18. The third-order valence-electron chi connectivity index (χ3n) is 2.71. The van der Waals surface area contributed by atoms with Crippen LogP contribution in [0.4, 0.5) is 9.18 Å². The molecule has 1 amide bonds. The molecule has 1 aromatic rings. The topological polar surface area (TPSA) is 58.6 Å². The first kappa shape index (κ1) is 17.9. The van der Waals surface area contributed by atoms with Crippen molar-refractivity contribution in [2.75, 3.05) is 13.2 Å². The lowest BCUT2D eigenvalue weighted by molar-refractivity contribution is 0.0512. The number of carbonyl (C=O) groups excluding carboxylic acids is 1. The molecule has 0 saturated heterocycles. The normalized spacial score (nSPS) is 12.9. The Balaban J connectivity index is 2.56. The summed E-state index contributed by atoms with van der Waals surface area (Å²) < 4.78 is 19.6. The number of halogens is 2. The van der Waals surface area contributed by atoms with Gasteiger partial charge in [0.2, 0.25) is 0 Å². The standard InChI is InChI=1S/C15H21BrFNO3/c1-15(2,3)21-14(20)18-8-10(9-19)6-11-7-12(16)4-5-13(11)17/h4-5,7,10,19H,6,8-9H2,1-3H3,(H,18,20). The Kier molecular flexibility index (Phi) is 6.61. The van der Waals surface area contributed by atoms with Crippen molar-refractivity contribution in [3.63, 3.8) is 0 Å². The Morgan fingerprint density at radius 2 is 2.14 bits per heavy atom. The summed E-state index contributed by atoms with van der Waals surface area (Å²) in [5, 5.41) is 12.0. The third-order valence-corrected chi connectivity index (χ3v) is 3.20. The number of aliphatic hydroxyl groups excluding tert-OH is 1. The molecule has 0 saturated carbocycles. The number of aliphatic hydroxyl groups is 1. The summed E-state index contributed by atoms with van der Waals surface area (Å²) in [6, 6.07) is 4.66. The van der Waals surface area contributed by atoms with E-state index in [1.165, 1.54) is 6.07 Å². The quantitative estimate of drug-likeness (QED) is 0.845. The number of amides is 1. The molecule has 21 heavy (non-hydrogen) atoms. The van der Waals surface area contributed by atoms with E-state index in [1.807, 2.05) is 0 Å². The van der Waals surface area contributed by atoms with Gasteiger partial charge < -0.3 is 15.2 Å². The number of alkyl carbamates (subject to hydrolysis) is 1. The number of benzene rings is 1. The number of ether oxygens (including phenoxy) is 1. The molecule has 0 bridgehead atoms. The predicted octanol–water partition coefficient (Wildman–Crippen LogP) is 3.26. The molecule has 2 N–H and O–H groups in total. The Bertz CT molecular complexity index is 488. The van der Waals surface area contributed by atoms with E-state index in [-0.39, 0.29) is 24.9 Å². The van der Waals surface area contributed by atoms with Crippen LogP contribution in [-0.4, -0.2) is 30.0 Å². The molecule has 0 aliphatic heterocycles. The van der Waals surface area contributed by atoms with Crippen LogP contribution in [0.2, 0.25) is 0 Å². The van der Waals surface area contributed by atoms with E-state index in [9.17, 15) is 14.3 Å². The zero-order valence-corrected chi connectivity index (χ0v) is 14.0. The van der Waals surface area contributed by atoms with Crippen molar-refractivity contribution >= 4 is 22.0 Å². The zero-order valence-electron chi connectivity index (χ0n) is 12.5. The van der Waals surface area contributed by atoms with Crippen molar-refractivity contribution in [3.05, 3.63) is 34.1 Å². The maximum absolute atomic E-state index is 13.7. The summed E-state index contributed by atoms with van der Waals surface area (Å²) in [7, 11) is 0. The van der Waals surface area contributed by atoms with Crippen molar-refractivity contribution in [3.8, 4) is 0 Å². The predicted molar refractivity (Wildman–Crippen MR) is 82.6 cm³/mol. The van der Waals surface area contributed by atoms with Gasteiger partial charge in [-0.2, -0.15) is 0 Å². The summed E-state index contributed by atoms with van der Waals surface area (Å²) in [5.74, 6) is -0.602. The first-order valence-electron chi connectivity index (χ1n) is 6.73. The average molecular weight is 362 g/mol. The molecule has 1 aromatic carbocycles. The molecule has 1 atom stereocenters. The van der Waals surface area contributed by atoms with E-state index in [0.29, 0.717) is 12.0 Å². The maximum atomic E-state index is 13.7. The molecular weight excluding hydrogens is 341 g/mol. The van der Waals surface area contributed by atoms with Gasteiger partial charge in [0.15, 0.2) is 0 Å². The summed E-state index contributed by atoms with van der Waals surface area (Å²) in [4.78, 5) is 11.6. The van der Waals surface area contributed by atoms with Gasteiger partial charge in [-0.25, -0.2) is 9.18 Å². The minimum Gasteiger partial charge on any atom is -0.444 e. The summed E-state index contributed by atoms with van der Waals surface area (Å²) in [5.41, 5.74) is -0.0794. The van der Waals surface area contributed by atoms with Gasteiger partial charge in [0, 0.05) is 23.5 Å². The second kappa shape index (κ2) is 7.75. The summed E-state index contributed by atoms with van der Waals surface area (Å²) >= 11 is 3.28. The lowest BCUT2D eigenvalue weighted by Crippen LogP contribution is -2.36. The van der Waals surface area contributed by atoms with Crippen LogP contribution in [0.5, 0.6) is 0 Å². The third kappa shape index (κ3) is 6.91. The van der Waals surface area contributed by atoms with Crippen LogP contribution in [0, 0.1) is 11.7 Å². The molecule has 0 radical (unpaired) electrons. The summed E-state index contributed by atoms with van der Waals surface area (Å²) in [6.45, 7) is 5.38. The highest BCUT2D eigenvalue weighted by atomic mass is 79.9. The van der Waals surface area contributed by atoms with E-state index in [0.717, 1.165) is 4.47 Å². The number of carbonyl (C=O) groups is 1. The zero-order chi connectivity index (χ0) is 16.0. The van der Waals surface area contributed by atoms with E-state index in [2.05, 4.69) is 21.2 Å². The fourth-order valence-electron chi connectivity index (χ4n) is 1.75. The van der Waals surface area contributed by atoms with Gasteiger partial charge in [0.25, 0.3) is 0 Å². The van der Waals surface area contributed by atoms with Crippen molar-refractivity contribution in [2.45, 2.75) is 32.8 Å². The fraction of sp³-hybridized carbons (Fsp3) is 0.533. The molecule has 4 nitrogen and oxygen atoms in total. The molecule has 6 heteroatoms. The first-order chi connectivity index (χ1) is 9.71. The van der Waals surface area contributed by atoms with Crippen LogP contribution in [0.15, 0.2) is 22.7 Å². The van der Waals surface area contributed by atoms with Gasteiger partial charge in [0.05, 0.1) is 0 Å². The molecule has 118 valence electrons. The monoisotopic (exact) mass is 361 g/mol. The molecular formula is C15H21BrFNO3. The lowest BCUT2D eigenvalue weighted by atomic mass is 9.99. The van der Waals surface area contributed by atoms with Crippen LogP contribution < -0.4 is 5.32 Å². The number of hydrogen-bond acceptors (Lipinski definition) is 3. The molecule has 1 rings (SSSR count). The molecule has 0 aromatic heterocycles. The van der Waals surface area contributed by atoms with Gasteiger partial charge in [0.1, 0.15) is 11.4 Å². The van der Waals surface area contributed by atoms with E-state index < -0.39 is 11.7 Å². The van der Waals surface area contributed by atoms with Gasteiger partial charge >= 0.3 is 6.09 Å². The SMILES string of the molecule is CC(C)(C)OC(=O)NCC(CO)Cc1cc(Br)ccc1F. The minimum absolute atomic E-state index is 0.151. The molecule has 0 fully saturated rings. The smallest absolute Gasteiger partial charge is 0.407 e. The Labute approximate surface area is 132 Å². The van der Waals surface area contributed by atoms with Crippen molar-refractivity contribution in [2.24, 2.45) is 5.92 Å².